The first-order valence-corrected chi connectivity index (χ1v) is 13.0. The molecular formula is C18H24AlO9P3. The van der Waals surface area contributed by atoms with Gasteiger partial charge in [0.25, 0.3) is 0 Å². The second-order valence-electron chi connectivity index (χ2n) is 5.64. The second kappa shape index (κ2) is 13.2. The monoisotopic (exact) mass is 504 g/mol. The van der Waals surface area contributed by atoms with Crippen molar-refractivity contribution in [3.8, 4) is 0 Å². The summed E-state index contributed by atoms with van der Waals surface area (Å²) in [6.07, 6.45) is 0. The molecule has 168 valence electrons. The zero-order valence-corrected chi connectivity index (χ0v) is 18.1. The van der Waals surface area contributed by atoms with E-state index in [0.717, 1.165) is 0 Å². The highest BCUT2D eigenvalue weighted by Gasteiger charge is 2.16. The molecule has 0 aliphatic rings. The normalized spacial score (nSPS) is 11.0. The molecule has 0 radical (unpaired) electrons. The highest BCUT2D eigenvalue weighted by atomic mass is 31.2. The molecule has 0 atom stereocenters. The summed E-state index contributed by atoms with van der Waals surface area (Å²) in [5, 5.41) is 0.194. The first-order valence-electron chi connectivity index (χ1n) is 8.15. The van der Waals surface area contributed by atoms with Gasteiger partial charge in [0, 0.05) is 0 Å². The standard InChI is InChI=1S/3C6H7O3P.Al.3H/c3*7-10(8,9)6-4-2-1-3-5-6;;;;/h3*1-5H,(H2,7,8,9);;;;. The van der Waals surface area contributed by atoms with Crippen LogP contribution in [0.1, 0.15) is 0 Å². The van der Waals surface area contributed by atoms with Crippen LogP contribution in [0.4, 0.5) is 0 Å². The van der Waals surface area contributed by atoms with Crippen LogP contribution in [0.25, 0.3) is 0 Å². The Kier molecular flexibility index (Phi) is 12.7. The lowest BCUT2D eigenvalue weighted by Gasteiger charge is -2.00. The van der Waals surface area contributed by atoms with E-state index >= 15 is 0 Å². The van der Waals surface area contributed by atoms with Gasteiger partial charge in [-0.25, -0.2) is 0 Å². The topological polar surface area (TPSA) is 173 Å². The Balaban J connectivity index is 0.000000429. The van der Waals surface area contributed by atoms with Crippen molar-refractivity contribution < 1.29 is 43.1 Å². The maximum Gasteiger partial charge on any atom is 0.356 e. The highest BCUT2D eigenvalue weighted by Crippen LogP contribution is 2.33. The Morgan fingerprint density at radius 2 is 0.548 bits per heavy atom. The van der Waals surface area contributed by atoms with E-state index in [9.17, 15) is 13.7 Å². The van der Waals surface area contributed by atoms with Gasteiger partial charge in [-0.1, -0.05) is 54.6 Å². The molecule has 0 saturated heterocycles. The minimum atomic E-state index is -4.02. The van der Waals surface area contributed by atoms with Gasteiger partial charge in [0.05, 0.1) is 15.9 Å². The molecule has 0 spiro atoms. The zero-order chi connectivity index (χ0) is 22.8. The van der Waals surface area contributed by atoms with Crippen LogP contribution in [-0.2, 0) is 13.7 Å². The van der Waals surface area contributed by atoms with Gasteiger partial charge < -0.3 is 29.4 Å². The molecule has 0 aromatic heterocycles. The average molecular weight is 504 g/mol. The van der Waals surface area contributed by atoms with Gasteiger partial charge in [-0.3, -0.25) is 13.7 Å². The maximum atomic E-state index is 10.5. The SMILES string of the molecule is O=P(O)(O)c1ccccc1.O=P(O)(O)c1ccccc1.O=P(O)(O)c1ccccc1.[AlH3]. The smallest absolute Gasteiger partial charge is 0.321 e. The van der Waals surface area contributed by atoms with Crippen LogP contribution in [0.3, 0.4) is 0 Å². The predicted octanol–water partition coefficient (Wildman–Crippen LogP) is 0.285. The van der Waals surface area contributed by atoms with E-state index in [0.29, 0.717) is 0 Å². The molecule has 0 amide bonds. The van der Waals surface area contributed by atoms with Crippen molar-refractivity contribution in [1.29, 1.82) is 0 Å². The van der Waals surface area contributed by atoms with E-state index in [1.165, 1.54) is 36.4 Å². The molecule has 0 bridgehead atoms. The van der Waals surface area contributed by atoms with Crippen molar-refractivity contribution in [3.05, 3.63) is 91.0 Å². The predicted molar refractivity (Wildman–Crippen MR) is 124 cm³/mol. The van der Waals surface area contributed by atoms with Gasteiger partial charge in [0.15, 0.2) is 17.4 Å². The van der Waals surface area contributed by atoms with Gasteiger partial charge in [0.2, 0.25) is 0 Å². The molecule has 0 heterocycles. The summed E-state index contributed by atoms with van der Waals surface area (Å²) in [7, 11) is -12.1. The van der Waals surface area contributed by atoms with Crippen molar-refractivity contribution in [2.24, 2.45) is 0 Å². The van der Waals surface area contributed by atoms with E-state index in [1.54, 1.807) is 54.6 Å². The molecule has 6 N–H and O–H groups in total. The third-order valence-corrected chi connectivity index (χ3v) is 6.19. The average Bonchev–Trinajstić information content (AvgIpc) is 2.69. The first kappa shape index (κ1) is 29.6. The van der Waals surface area contributed by atoms with Crippen LogP contribution in [0.2, 0.25) is 0 Å². The first-order chi connectivity index (χ1) is 13.8. The van der Waals surface area contributed by atoms with E-state index in [4.69, 9.17) is 29.4 Å². The lowest BCUT2D eigenvalue weighted by atomic mass is 10.4. The Labute approximate surface area is 190 Å². The lowest BCUT2D eigenvalue weighted by molar-refractivity contribution is 0.385. The summed E-state index contributed by atoms with van der Waals surface area (Å²) >= 11 is 0. The van der Waals surface area contributed by atoms with Crippen LogP contribution >= 0.6 is 22.8 Å². The number of benzene rings is 3. The van der Waals surface area contributed by atoms with E-state index < -0.39 is 22.8 Å². The Morgan fingerprint density at radius 1 is 0.387 bits per heavy atom. The van der Waals surface area contributed by atoms with Crippen LogP contribution in [-0.4, -0.2) is 46.7 Å². The Morgan fingerprint density at radius 3 is 0.645 bits per heavy atom. The van der Waals surface area contributed by atoms with Crippen LogP contribution < -0.4 is 15.9 Å². The molecule has 0 aliphatic heterocycles. The molecular weight excluding hydrogens is 480 g/mol. The third kappa shape index (κ3) is 12.3. The fraction of sp³-hybridized carbons (Fsp3) is 0. The summed E-state index contributed by atoms with van der Waals surface area (Å²) < 4.78 is 31.6. The number of rotatable bonds is 3. The largest absolute Gasteiger partial charge is 0.356 e. The van der Waals surface area contributed by atoms with Gasteiger partial charge in [-0.2, -0.15) is 0 Å². The molecule has 0 aliphatic carbocycles. The Hall–Kier alpha value is -1.36. The quantitative estimate of drug-likeness (QED) is 0.217. The minimum Gasteiger partial charge on any atom is -0.321 e. The summed E-state index contributed by atoms with van der Waals surface area (Å²) in [4.78, 5) is 51.6. The van der Waals surface area contributed by atoms with E-state index in [1.807, 2.05) is 0 Å². The minimum absolute atomic E-state index is 0. The van der Waals surface area contributed by atoms with Gasteiger partial charge in [-0.05, 0) is 36.4 Å². The fourth-order valence-corrected chi connectivity index (χ4v) is 3.55. The van der Waals surface area contributed by atoms with E-state index in [2.05, 4.69) is 0 Å². The Bertz CT molecular complexity index is 896. The molecule has 9 nitrogen and oxygen atoms in total. The summed E-state index contributed by atoms with van der Waals surface area (Å²) in [5.74, 6) is 0. The molecule has 0 unspecified atom stereocenters. The summed E-state index contributed by atoms with van der Waals surface area (Å²) in [6.45, 7) is 0. The third-order valence-electron chi connectivity index (χ3n) is 3.28. The van der Waals surface area contributed by atoms with Crippen molar-refractivity contribution >= 4 is 56.1 Å². The number of hydrogen-bond acceptors (Lipinski definition) is 3. The molecule has 13 heteroatoms. The van der Waals surface area contributed by atoms with Gasteiger partial charge in [-0.15, -0.1) is 0 Å². The second-order valence-corrected chi connectivity index (χ2v) is 10.5. The lowest BCUT2D eigenvalue weighted by Crippen LogP contribution is -2.01. The zero-order valence-electron chi connectivity index (χ0n) is 15.4. The van der Waals surface area contributed by atoms with Crippen LogP contribution in [0.5, 0.6) is 0 Å². The molecule has 3 aromatic rings. The van der Waals surface area contributed by atoms with Crippen molar-refractivity contribution in [2.75, 3.05) is 0 Å². The van der Waals surface area contributed by atoms with Crippen LogP contribution in [0.15, 0.2) is 91.0 Å². The maximum absolute atomic E-state index is 10.5. The van der Waals surface area contributed by atoms with E-state index in [-0.39, 0.29) is 33.3 Å². The van der Waals surface area contributed by atoms with Crippen LogP contribution in [0, 0.1) is 0 Å². The van der Waals surface area contributed by atoms with Crippen molar-refractivity contribution in [1.82, 2.24) is 0 Å². The summed E-state index contributed by atoms with van der Waals surface area (Å²) in [6, 6.07) is 23.1. The highest BCUT2D eigenvalue weighted by molar-refractivity contribution is 7.60. The van der Waals surface area contributed by atoms with Gasteiger partial charge >= 0.3 is 22.8 Å². The van der Waals surface area contributed by atoms with Gasteiger partial charge in [0.1, 0.15) is 0 Å². The molecule has 3 rings (SSSR count). The molecule has 0 saturated carbocycles. The fourth-order valence-electron chi connectivity index (χ4n) is 1.87. The number of hydrogen-bond donors (Lipinski definition) is 6. The summed E-state index contributed by atoms with van der Waals surface area (Å²) in [5.41, 5.74) is 0. The van der Waals surface area contributed by atoms with Crippen molar-refractivity contribution in [3.63, 3.8) is 0 Å². The molecule has 31 heavy (non-hydrogen) atoms. The molecule has 3 aromatic carbocycles. The van der Waals surface area contributed by atoms with Crippen molar-refractivity contribution in [2.45, 2.75) is 0 Å². The molecule has 0 fully saturated rings.